The third-order valence-corrected chi connectivity index (χ3v) is 5.83. The standard InChI is InChI=1S/C27H32N2O2/c1-29(18-22-7-3-2-4-8-22)19-26(30)20-31-27-13-11-21(12-14-27)17-28-25-15-23-9-5-6-10-24(23)16-25/h2-14,25-26,28,30H,15-20H2,1H3/t26-/m0/s1. The topological polar surface area (TPSA) is 44.7 Å². The molecule has 0 amide bonds. The van der Waals surface area contributed by atoms with Crippen LogP contribution in [-0.2, 0) is 25.9 Å². The van der Waals surface area contributed by atoms with Gasteiger partial charge in [-0.25, -0.2) is 0 Å². The number of aliphatic hydroxyl groups excluding tert-OH is 1. The van der Waals surface area contributed by atoms with Crippen molar-refractivity contribution in [1.82, 2.24) is 10.2 Å². The van der Waals surface area contributed by atoms with E-state index in [2.05, 4.69) is 58.7 Å². The smallest absolute Gasteiger partial charge is 0.119 e. The fourth-order valence-electron chi connectivity index (χ4n) is 4.23. The highest BCUT2D eigenvalue weighted by Gasteiger charge is 2.20. The SMILES string of the molecule is CN(Cc1ccccc1)C[C@H](O)COc1ccc(CNC2Cc3ccccc3C2)cc1. The van der Waals surface area contributed by atoms with Gasteiger partial charge in [0.05, 0.1) is 0 Å². The van der Waals surface area contributed by atoms with E-state index in [1.54, 1.807) is 0 Å². The van der Waals surface area contributed by atoms with Gasteiger partial charge in [0, 0.05) is 25.7 Å². The minimum absolute atomic E-state index is 0.289. The van der Waals surface area contributed by atoms with Crippen molar-refractivity contribution in [3.05, 3.63) is 101 Å². The zero-order chi connectivity index (χ0) is 21.5. The van der Waals surface area contributed by atoms with Crippen LogP contribution in [0.25, 0.3) is 0 Å². The molecular weight excluding hydrogens is 384 g/mol. The zero-order valence-corrected chi connectivity index (χ0v) is 18.2. The van der Waals surface area contributed by atoms with Crippen molar-refractivity contribution in [3.63, 3.8) is 0 Å². The summed E-state index contributed by atoms with van der Waals surface area (Å²) in [5.41, 5.74) is 5.42. The summed E-state index contributed by atoms with van der Waals surface area (Å²) in [6.07, 6.45) is 1.68. The predicted octanol–water partition coefficient (Wildman–Crippen LogP) is 3.82. The molecule has 4 heteroatoms. The van der Waals surface area contributed by atoms with Crippen LogP contribution in [0.3, 0.4) is 0 Å². The summed E-state index contributed by atoms with van der Waals surface area (Å²) in [5, 5.41) is 14.0. The molecule has 4 nitrogen and oxygen atoms in total. The van der Waals surface area contributed by atoms with Crippen molar-refractivity contribution in [1.29, 1.82) is 0 Å². The predicted molar refractivity (Wildman–Crippen MR) is 125 cm³/mol. The summed E-state index contributed by atoms with van der Waals surface area (Å²) >= 11 is 0. The molecule has 1 aliphatic carbocycles. The molecule has 0 heterocycles. The fourth-order valence-corrected chi connectivity index (χ4v) is 4.23. The Balaban J connectivity index is 1.16. The molecule has 0 aromatic heterocycles. The number of nitrogens with one attached hydrogen (secondary N) is 1. The van der Waals surface area contributed by atoms with Gasteiger partial charge in [-0.1, -0.05) is 66.7 Å². The third-order valence-electron chi connectivity index (χ3n) is 5.83. The van der Waals surface area contributed by atoms with Crippen LogP contribution in [0.4, 0.5) is 0 Å². The van der Waals surface area contributed by atoms with Crippen molar-refractivity contribution < 1.29 is 9.84 Å². The van der Waals surface area contributed by atoms with E-state index in [9.17, 15) is 5.11 Å². The molecule has 0 saturated heterocycles. The Labute approximate surface area is 185 Å². The van der Waals surface area contributed by atoms with Crippen LogP contribution in [0.15, 0.2) is 78.9 Å². The van der Waals surface area contributed by atoms with E-state index in [1.807, 2.05) is 37.4 Å². The van der Waals surface area contributed by atoms with Gasteiger partial charge in [-0.3, -0.25) is 4.90 Å². The second kappa shape index (κ2) is 10.6. The lowest BCUT2D eigenvalue weighted by molar-refractivity contribution is 0.0744. The second-order valence-electron chi connectivity index (χ2n) is 8.55. The summed E-state index contributed by atoms with van der Waals surface area (Å²) in [7, 11) is 2.01. The van der Waals surface area contributed by atoms with E-state index in [-0.39, 0.29) is 6.61 Å². The van der Waals surface area contributed by atoms with E-state index in [4.69, 9.17) is 4.74 Å². The normalized spacial score (nSPS) is 14.5. The maximum Gasteiger partial charge on any atom is 0.119 e. The zero-order valence-electron chi connectivity index (χ0n) is 18.2. The molecule has 0 aliphatic heterocycles. The van der Waals surface area contributed by atoms with Crippen molar-refractivity contribution >= 4 is 0 Å². The van der Waals surface area contributed by atoms with Gasteiger partial charge in [-0.2, -0.15) is 0 Å². The van der Waals surface area contributed by atoms with Crippen LogP contribution in [0.1, 0.15) is 22.3 Å². The van der Waals surface area contributed by atoms with Crippen molar-refractivity contribution in [2.24, 2.45) is 0 Å². The summed E-state index contributed by atoms with van der Waals surface area (Å²) in [5.74, 6) is 0.793. The number of fused-ring (bicyclic) bond motifs is 1. The van der Waals surface area contributed by atoms with Crippen LogP contribution in [0.5, 0.6) is 5.75 Å². The van der Waals surface area contributed by atoms with Crippen LogP contribution in [0, 0.1) is 0 Å². The van der Waals surface area contributed by atoms with E-state index in [0.717, 1.165) is 31.7 Å². The van der Waals surface area contributed by atoms with Gasteiger partial charge >= 0.3 is 0 Å². The van der Waals surface area contributed by atoms with E-state index >= 15 is 0 Å². The Bertz CT molecular complexity index is 918. The molecule has 0 fully saturated rings. The maximum absolute atomic E-state index is 10.3. The minimum atomic E-state index is -0.529. The molecule has 3 aromatic carbocycles. The number of nitrogens with zero attached hydrogens (tertiary/aromatic N) is 1. The highest BCUT2D eigenvalue weighted by Crippen LogP contribution is 2.22. The Hall–Kier alpha value is -2.66. The van der Waals surface area contributed by atoms with E-state index < -0.39 is 6.10 Å². The van der Waals surface area contributed by atoms with Gasteiger partial charge in [0.1, 0.15) is 18.5 Å². The molecule has 4 rings (SSSR count). The largest absolute Gasteiger partial charge is 0.491 e. The van der Waals surface area contributed by atoms with Gasteiger partial charge in [0.2, 0.25) is 0 Å². The molecule has 3 aromatic rings. The first-order valence-corrected chi connectivity index (χ1v) is 11.1. The van der Waals surface area contributed by atoms with Gasteiger partial charge in [-0.05, 0) is 54.3 Å². The van der Waals surface area contributed by atoms with Gasteiger partial charge in [0.15, 0.2) is 0 Å². The number of ether oxygens (including phenoxy) is 1. The molecule has 0 bridgehead atoms. The van der Waals surface area contributed by atoms with E-state index in [1.165, 1.54) is 22.3 Å². The number of hydrogen-bond donors (Lipinski definition) is 2. The summed E-state index contributed by atoms with van der Waals surface area (Å²) < 4.78 is 5.80. The molecule has 0 radical (unpaired) electrons. The first-order valence-electron chi connectivity index (χ1n) is 11.1. The number of likely N-dealkylation sites (N-methyl/N-ethyl adjacent to an activating group) is 1. The average Bonchev–Trinajstić information content (AvgIpc) is 3.21. The first kappa shape index (κ1) is 21.6. The monoisotopic (exact) mass is 416 g/mol. The first-order chi connectivity index (χ1) is 15.2. The van der Waals surface area contributed by atoms with Gasteiger partial charge < -0.3 is 15.2 Å². The van der Waals surface area contributed by atoms with Crippen molar-refractivity contribution in [3.8, 4) is 5.75 Å². The van der Waals surface area contributed by atoms with Gasteiger partial charge in [0.25, 0.3) is 0 Å². The molecule has 0 spiro atoms. The number of benzene rings is 3. The summed E-state index contributed by atoms with van der Waals surface area (Å²) in [4.78, 5) is 2.11. The molecule has 0 saturated carbocycles. The molecule has 162 valence electrons. The Morgan fingerprint density at radius 1 is 0.903 bits per heavy atom. The van der Waals surface area contributed by atoms with Crippen molar-refractivity contribution in [2.75, 3.05) is 20.2 Å². The molecule has 31 heavy (non-hydrogen) atoms. The van der Waals surface area contributed by atoms with Crippen LogP contribution < -0.4 is 10.1 Å². The second-order valence-corrected chi connectivity index (χ2v) is 8.55. The Morgan fingerprint density at radius 3 is 2.23 bits per heavy atom. The average molecular weight is 417 g/mol. The number of hydrogen-bond acceptors (Lipinski definition) is 4. The lowest BCUT2D eigenvalue weighted by Crippen LogP contribution is -2.32. The summed E-state index contributed by atoms with van der Waals surface area (Å²) in [6, 6.07) is 27.7. The highest BCUT2D eigenvalue weighted by atomic mass is 16.5. The molecule has 1 aliphatic rings. The maximum atomic E-state index is 10.3. The minimum Gasteiger partial charge on any atom is -0.491 e. The molecule has 2 N–H and O–H groups in total. The Morgan fingerprint density at radius 2 is 1.55 bits per heavy atom. The number of aliphatic hydroxyl groups is 1. The van der Waals surface area contributed by atoms with Crippen LogP contribution in [0.2, 0.25) is 0 Å². The third kappa shape index (κ3) is 6.41. The van der Waals surface area contributed by atoms with Gasteiger partial charge in [-0.15, -0.1) is 0 Å². The van der Waals surface area contributed by atoms with Crippen LogP contribution in [-0.4, -0.2) is 42.4 Å². The quantitative estimate of drug-likeness (QED) is 0.528. The molecular formula is C27H32N2O2. The highest BCUT2D eigenvalue weighted by molar-refractivity contribution is 5.33. The fraction of sp³-hybridized carbons (Fsp3) is 0.333. The lowest BCUT2D eigenvalue weighted by atomic mass is 10.1. The van der Waals surface area contributed by atoms with Crippen LogP contribution >= 0.6 is 0 Å². The molecule has 1 atom stereocenters. The molecule has 0 unspecified atom stereocenters. The number of rotatable bonds is 10. The Kier molecular flexibility index (Phi) is 7.36. The lowest BCUT2D eigenvalue weighted by Gasteiger charge is -2.21. The van der Waals surface area contributed by atoms with Crippen molar-refractivity contribution in [2.45, 2.75) is 38.1 Å². The summed E-state index contributed by atoms with van der Waals surface area (Å²) in [6.45, 7) is 2.52. The van der Waals surface area contributed by atoms with E-state index in [0.29, 0.717) is 12.6 Å².